The minimum atomic E-state index is -4.65. The van der Waals surface area contributed by atoms with Crippen molar-refractivity contribution < 1.29 is 22.8 Å². The van der Waals surface area contributed by atoms with E-state index in [2.05, 4.69) is 26.6 Å². The standard InChI is InChI=1S/C12H12BrF3N2O2/c1-6(13)11(20)18-10-4-3-8(17-7(2)19)5-9(10)12(14,15)16/h3-6H,1-2H3,(H,17,19)(H,18,20). The summed E-state index contributed by atoms with van der Waals surface area (Å²) < 4.78 is 38.8. The van der Waals surface area contributed by atoms with E-state index in [1.54, 1.807) is 0 Å². The van der Waals surface area contributed by atoms with Crippen molar-refractivity contribution >= 4 is 39.1 Å². The van der Waals surface area contributed by atoms with Crippen LogP contribution in [0.15, 0.2) is 18.2 Å². The zero-order valence-corrected chi connectivity index (χ0v) is 12.2. The summed E-state index contributed by atoms with van der Waals surface area (Å²) in [5.41, 5.74) is -1.37. The molecule has 20 heavy (non-hydrogen) atoms. The van der Waals surface area contributed by atoms with Crippen LogP contribution in [0.5, 0.6) is 0 Å². The molecule has 1 aromatic carbocycles. The lowest BCUT2D eigenvalue weighted by molar-refractivity contribution is -0.137. The molecule has 1 unspecified atom stereocenters. The van der Waals surface area contributed by atoms with Crippen LogP contribution in [0.4, 0.5) is 24.5 Å². The maximum absolute atomic E-state index is 12.9. The van der Waals surface area contributed by atoms with Crippen molar-refractivity contribution in [1.82, 2.24) is 0 Å². The Kier molecular flexibility index (Phi) is 5.15. The Morgan fingerprint density at radius 3 is 2.30 bits per heavy atom. The molecule has 0 saturated carbocycles. The fraction of sp³-hybridized carbons (Fsp3) is 0.333. The Bertz CT molecular complexity index is 530. The van der Waals surface area contributed by atoms with Crippen molar-refractivity contribution in [1.29, 1.82) is 0 Å². The number of carbonyl (C=O) groups is 2. The third-order valence-electron chi connectivity index (χ3n) is 2.26. The van der Waals surface area contributed by atoms with Crippen LogP contribution in [0.3, 0.4) is 0 Å². The Balaban J connectivity index is 3.17. The molecular formula is C12H12BrF3N2O2. The van der Waals surface area contributed by atoms with Crippen LogP contribution in [-0.2, 0) is 15.8 Å². The van der Waals surface area contributed by atoms with Crippen LogP contribution < -0.4 is 10.6 Å². The number of nitrogens with one attached hydrogen (secondary N) is 2. The lowest BCUT2D eigenvalue weighted by Gasteiger charge is -2.16. The molecule has 0 heterocycles. The van der Waals surface area contributed by atoms with E-state index < -0.39 is 28.4 Å². The molecule has 0 saturated heterocycles. The number of benzene rings is 1. The van der Waals surface area contributed by atoms with Gasteiger partial charge in [0.15, 0.2) is 0 Å². The number of rotatable bonds is 3. The molecule has 1 aromatic rings. The fourth-order valence-corrected chi connectivity index (χ4v) is 1.52. The summed E-state index contributed by atoms with van der Waals surface area (Å²) in [6.45, 7) is 2.68. The maximum atomic E-state index is 12.9. The van der Waals surface area contributed by atoms with Crippen molar-refractivity contribution in [2.45, 2.75) is 24.9 Å². The second-order valence-electron chi connectivity index (χ2n) is 4.04. The molecule has 1 rings (SSSR count). The van der Waals surface area contributed by atoms with Gasteiger partial charge in [0.05, 0.1) is 16.1 Å². The number of hydrogen-bond donors (Lipinski definition) is 2. The van der Waals surface area contributed by atoms with Crippen LogP contribution in [0.2, 0.25) is 0 Å². The van der Waals surface area contributed by atoms with Crippen molar-refractivity contribution in [2.75, 3.05) is 10.6 Å². The Hall–Kier alpha value is -1.57. The average Bonchev–Trinajstić information content (AvgIpc) is 2.28. The molecule has 0 aliphatic carbocycles. The molecule has 4 nitrogen and oxygen atoms in total. The number of alkyl halides is 4. The first kappa shape index (κ1) is 16.5. The van der Waals surface area contributed by atoms with Gasteiger partial charge < -0.3 is 10.6 Å². The SMILES string of the molecule is CC(=O)Nc1ccc(NC(=O)C(C)Br)c(C(F)(F)F)c1. The highest BCUT2D eigenvalue weighted by atomic mass is 79.9. The molecule has 110 valence electrons. The molecule has 0 fully saturated rings. The van der Waals surface area contributed by atoms with Gasteiger partial charge in [0.2, 0.25) is 11.8 Å². The van der Waals surface area contributed by atoms with Crippen LogP contribution in [0, 0.1) is 0 Å². The highest BCUT2D eigenvalue weighted by Crippen LogP contribution is 2.36. The first-order chi connectivity index (χ1) is 9.11. The molecule has 0 aliphatic heterocycles. The number of carbonyl (C=O) groups excluding carboxylic acids is 2. The lowest BCUT2D eigenvalue weighted by Crippen LogP contribution is -2.22. The van der Waals surface area contributed by atoms with E-state index in [-0.39, 0.29) is 11.4 Å². The molecule has 0 bridgehead atoms. The monoisotopic (exact) mass is 352 g/mol. The molecular weight excluding hydrogens is 341 g/mol. The van der Waals surface area contributed by atoms with Crippen molar-refractivity contribution in [3.63, 3.8) is 0 Å². The van der Waals surface area contributed by atoms with Gasteiger partial charge >= 0.3 is 6.18 Å². The topological polar surface area (TPSA) is 58.2 Å². The predicted molar refractivity (Wildman–Crippen MR) is 72.8 cm³/mol. The fourth-order valence-electron chi connectivity index (χ4n) is 1.40. The van der Waals surface area contributed by atoms with Gasteiger partial charge in [-0.1, -0.05) is 15.9 Å². The van der Waals surface area contributed by atoms with Crippen molar-refractivity contribution in [3.8, 4) is 0 Å². The van der Waals surface area contributed by atoms with Crippen molar-refractivity contribution in [2.24, 2.45) is 0 Å². The summed E-state index contributed by atoms with van der Waals surface area (Å²) in [5.74, 6) is -1.08. The van der Waals surface area contributed by atoms with Crippen LogP contribution in [0.1, 0.15) is 19.4 Å². The minimum Gasteiger partial charge on any atom is -0.326 e. The molecule has 0 aromatic heterocycles. The van der Waals surface area contributed by atoms with Gasteiger partial charge in [-0.3, -0.25) is 9.59 Å². The van der Waals surface area contributed by atoms with Gasteiger partial charge in [-0.15, -0.1) is 0 Å². The van der Waals surface area contributed by atoms with Crippen LogP contribution >= 0.6 is 15.9 Å². The van der Waals surface area contributed by atoms with E-state index in [1.165, 1.54) is 19.9 Å². The number of hydrogen-bond acceptors (Lipinski definition) is 2. The molecule has 0 spiro atoms. The van der Waals surface area contributed by atoms with Crippen molar-refractivity contribution in [3.05, 3.63) is 23.8 Å². The second-order valence-corrected chi connectivity index (χ2v) is 5.42. The first-order valence-electron chi connectivity index (χ1n) is 5.55. The van der Waals surface area contributed by atoms with Gasteiger partial charge in [-0.25, -0.2) is 0 Å². The smallest absolute Gasteiger partial charge is 0.326 e. The zero-order chi connectivity index (χ0) is 15.5. The Labute approximate surface area is 121 Å². The number of anilines is 2. The minimum absolute atomic E-state index is 0.00900. The summed E-state index contributed by atoms with van der Waals surface area (Å²) in [7, 11) is 0. The van der Waals surface area contributed by atoms with E-state index in [9.17, 15) is 22.8 Å². The summed E-state index contributed by atoms with van der Waals surface area (Å²) in [6.07, 6.45) is -4.65. The molecule has 1 atom stereocenters. The Morgan fingerprint density at radius 1 is 1.25 bits per heavy atom. The quantitative estimate of drug-likeness (QED) is 0.819. The van der Waals surface area contributed by atoms with Gasteiger partial charge in [-0.05, 0) is 25.1 Å². The van der Waals surface area contributed by atoms with E-state index in [0.29, 0.717) is 0 Å². The van der Waals surface area contributed by atoms with Gasteiger partial charge in [0, 0.05) is 12.6 Å². The Morgan fingerprint density at radius 2 is 1.85 bits per heavy atom. The third-order valence-corrected chi connectivity index (χ3v) is 2.68. The zero-order valence-electron chi connectivity index (χ0n) is 10.6. The first-order valence-corrected chi connectivity index (χ1v) is 6.46. The van der Waals surface area contributed by atoms with Gasteiger partial charge in [0.25, 0.3) is 0 Å². The summed E-state index contributed by atoms with van der Waals surface area (Å²) >= 11 is 2.97. The van der Waals surface area contributed by atoms with Crippen LogP contribution in [-0.4, -0.2) is 16.6 Å². The number of halogens is 4. The molecule has 2 N–H and O–H groups in total. The van der Waals surface area contributed by atoms with Gasteiger partial charge in [-0.2, -0.15) is 13.2 Å². The molecule has 0 aliphatic rings. The number of amides is 2. The summed E-state index contributed by atoms with van der Waals surface area (Å²) in [6, 6.07) is 3.16. The molecule has 2 amide bonds. The molecule has 8 heteroatoms. The van der Waals surface area contributed by atoms with E-state index in [1.807, 2.05) is 0 Å². The highest BCUT2D eigenvalue weighted by Gasteiger charge is 2.34. The van der Waals surface area contributed by atoms with Crippen LogP contribution in [0.25, 0.3) is 0 Å². The molecule has 0 radical (unpaired) electrons. The largest absolute Gasteiger partial charge is 0.418 e. The lowest BCUT2D eigenvalue weighted by atomic mass is 10.1. The summed E-state index contributed by atoms with van der Waals surface area (Å²) in [4.78, 5) is 21.7. The predicted octanol–water partition coefficient (Wildman–Crippen LogP) is 3.39. The average molecular weight is 353 g/mol. The van der Waals surface area contributed by atoms with E-state index in [0.717, 1.165) is 12.1 Å². The second kappa shape index (κ2) is 6.25. The van der Waals surface area contributed by atoms with Gasteiger partial charge in [0.1, 0.15) is 0 Å². The normalized spacial score (nSPS) is 12.7. The van der Waals surface area contributed by atoms with E-state index in [4.69, 9.17) is 0 Å². The highest BCUT2D eigenvalue weighted by molar-refractivity contribution is 9.10. The maximum Gasteiger partial charge on any atom is 0.418 e. The van der Waals surface area contributed by atoms with E-state index >= 15 is 0 Å². The summed E-state index contributed by atoms with van der Waals surface area (Å²) in [5, 5.41) is 4.44. The third kappa shape index (κ3) is 4.52.